The van der Waals surface area contributed by atoms with E-state index in [1.54, 1.807) is 30.3 Å². The highest BCUT2D eigenvalue weighted by Gasteiger charge is 2.15. The molecule has 2 aromatic carbocycles. The van der Waals surface area contributed by atoms with Gasteiger partial charge in [0.2, 0.25) is 5.91 Å². The second-order valence-electron chi connectivity index (χ2n) is 8.58. The number of hydrazone groups is 1. The van der Waals surface area contributed by atoms with Gasteiger partial charge < -0.3 is 19.5 Å². The van der Waals surface area contributed by atoms with Gasteiger partial charge in [-0.15, -0.1) is 0 Å². The van der Waals surface area contributed by atoms with E-state index < -0.39 is 11.9 Å². The molecule has 206 valence electrons. The number of hydrogen-bond donors (Lipinski definition) is 2. The monoisotopic (exact) mass is 589 g/mol. The lowest BCUT2D eigenvalue weighted by Gasteiger charge is -2.11. The van der Waals surface area contributed by atoms with Crippen LogP contribution in [0.3, 0.4) is 0 Å². The Hall–Kier alpha value is -3.40. The molecule has 0 aliphatic heterocycles. The molecule has 0 atom stereocenters. The number of nitrogens with zero attached hydrogens (tertiary/aromatic N) is 1. The van der Waals surface area contributed by atoms with Crippen LogP contribution in [0, 0.1) is 0 Å². The number of benzene rings is 2. The van der Waals surface area contributed by atoms with Crippen LogP contribution in [0.15, 0.2) is 46.0 Å². The van der Waals surface area contributed by atoms with Crippen LogP contribution in [-0.4, -0.2) is 44.8 Å². The van der Waals surface area contributed by atoms with E-state index in [0.29, 0.717) is 23.5 Å². The smallest absolute Gasteiger partial charge is 0.343 e. The molecular formula is C28H36BrN3O6. The van der Waals surface area contributed by atoms with E-state index in [1.165, 1.54) is 52.2 Å². The predicted molar refractivity (Wildman–Crippen MR) is 150 cm³/mol. The third kappa shape index (κ3) is 10.9. The Bertz CT molecular complexity index is 1110. The van der Waals surface area contributed by atoms with Crippen molar-refractivity contribution in [2.45, 2.75) is 58.3 Å². The van der Waals surface area contributed by atoms with Crippen molar-refractivity contribution in [1.29, 1.82) is 0 Å². The van der Waals surface area contributed by atoms with Gasteiger partial charge in [0.1, 0.15) is 5.75 Å². The van der Waals surface area contributed by atoms with E-state index in [1.807, 2.05) is 0 Å². The summed E-state index contributed by atoms with van der Waals surface area (Å²) in [6.45, 7) is 2.01. The fraction of sp³-hybridized carbons (Fsp3) is 0.429. The maximum Gasteiger partial charge on any atom is 0.343 e. The van der Waals surface area contributed by atoms with E-state index in [0.717, 1.165) is 23.7 Å². The van der Waals surface area contributed by atoms with Gasteiger partial charge >= 0.3 is 5.97 Å². The normalized spacial score (nSPS) is 10.7. The maximum absolute atomic E-state index is 12.7. The number of halogens is 1. The number of ether oxygens (including phenoxy) is 3. The number of unbranched alkanes of at least 4 members (excludes halogenated alkanes) is 6. The van der Waals surface area contributed by atoms with Gasteiger partial charge in [-0.3, -0.25) is 9.59 Å². The van der Waals surface area contributed by atoms with Gasteiger partial charge in [0.15, 0.2) is 11.5 Å². The fourth-order valence-electron chi connectivity index (χ4n) is 3.56. The molecule has 0 aromatic heterocycles. The van der Waals surface area contributed by atoms with Crippen LogP contribution < -0.4 is 25.0 Å². The second kappa shape index (κ2) is 17.2. The van der Waals surface area contributed by atoms with Crippen molar-refractivity contribution in [1.82, 2.24) is 10.7 Å². The van der Waals surface area contributed by atoms with Crippen LogP contribution in [0.1, 0.15) is 74.2 Å². The molecule has 0 saturated heterocycles. The number of carbonyl (C=O) groups excluding carboxylic acids is 3. The highest BCUT2D eigenvalue weighted by atomic mass is 79.9. The third-order valence-electron chi connectivity index (χ3n) is 5.64. The number of methoxy groups -OCH3 is 2. The number of amides is 2. The second-order valence-corrected chi connectivity index (χ2v) is 9.50. The Kier molecular flexibility index (Phi) is 13.9. The SMILES string of the molecule is CCCCCCCCCC(=O)NCC(=O)N/N=C\c1cc(Br)ccc1OC(=O)c1ccc(OC)c(OC)c1. The minimum atomic E-state index is -0.601. The number of rotatable bonds is 16. The minimum Gasteiger partial charge on any atom is -0.493 e. The molecule has 0 bridgehead atoms. The Labute approximate surface area is 232 Å². The average molecular weight is 591 g/mol. The zero-order chi connectivity index (χ0) is 27.8. The fourth-order valence-corrected chi connectivity index (χ4v) is 3.94. The number of hydrogen-bond acceptors (Lipinski definition) is 7. The zero-order valence-corrected chi connectivity index (χ0v) is 23.8. The molecule has 10 heteroatoms. The van der Waals surface area contributed by atoms with Crippen molar-refractivity contribution >= 4 is 39.9 Å². The standard InChI is InChI=1S/C28H36BrN3O6/c1-4-5-6-7-8-9-10-11-26(33)30-19-27(34)32-31-18-21-16-22(29)13-15-23(21)38-28(35)20-12-14-24(36-2)25(17-20)37-3/h12-18H,4-11,19H2,1-3H3,(H,30,33)(H,32,34)/b31-18-. The molecule has 0 fully saturated rings. The molecule has 2 amide bonds. The lowest BCUT2D eigenvalue weighted by molar-refractivity contribution is -0.126. The Morgan fingerprint density at radius 2 is 1.55 bits per heavy atom. The summed E-state index contributed by atoms with van der Waals surface area (Å²) >= 11 is 3.38. The molecule has 0 spiro atoms. The first kappa shape index (κ1) is 30.8. The largest absolute Gasteiger partial charge is 0.493 e. The van der Waals surface area contributed by atoms with E-state index in [9.17, 15) is 14.4 Å². The van der Waals surface area contributed by atoms with Crippen molar-refractivity contribution in [2.75, 3.05) is 20.8 Å². The first-order chi connectivity index (χ1) is 18.4. The highest BCUT2D eigenvalue weighted by Crippen LogP contribution is 2.29. The summed E-state index contributed by atoms with van der Waals surface area (Å²) in [4.78, 5) is 36.8. The molecule has 2 N–H and O–H groups in total. The van der Waals surface area contributed by atoms with Crippen molar-refractivity contribution < 1.29 is 28.6 Å². The molecule has 0 aliphatic carbocycles. The molecule has 0 unspecified atom stereocenters. The van der Waals surface area contributed by atoms with E-state index >= 15 is 0 Å². The van der Waals surface area contributed by atoms with Gasteiger partial charge in [0.05, 0.1) is 32.5 Å². The predicted octanol–water partition coefficient (Wildman–Crippen LogP) is 5.39. The summed E-state index contributed by atoms with van der Waals surface area (Å²) in [6, 6.07) is 9.72. The molecule has 0 aliphatic rings. The van der Waals surface area contributed by atoms with Crippen molar-refractivity contribution in [3.8, 4) is 17.2 Å². The number of nitrogens with one attached hydrogen (secondary N) is 2. The van der Waals surface area contributed by atoms with E-state index in [2.05, 4.69) is 38.7 Å². The van der Waals surface area contributed by atoms with Gasteiger partial charge in [-0.2, -0.15) is 5.10 Å². The van der Waals surface area contributed by atoms with Crippen molar-refractivity contribution in [3.63, 3.8) is 0 Å². The molecule has 0 saturated carbocycles. The van der Waals surface area contributed by atoms with Gasteiger partial charge in [-0.25, -0.2) is 10.2 Å². The van der Waals surface area contributed by atoms with Crippen molar-refractivity contribution in [3.05, 3.63) is 52.0 Å². The summed E-state index contributed by atoms with van der Waals surface area (Å²) in [5.41, 5.74) is 3.10. The highest BCUT2D eigenvalue weighted by molar-refractivity contribution is 9.10. The number of esters is 1. The molecular weight excluding hydrogens is 554 g/mol. The van der Waals surface area contributed by atoms with Crippen LogP contribution in [0.4, 0.5) is 0 Å². The Balaban J connectivity index is 1.85. The summed E-state index contributed by atoms with van der Waals surface area (Å²) in [6.07, 6.45) is 9.62. The average Bonchev–Trinajstić information content (AvgIpc) is 2.92. The molecule has 38 heavy (non-hydrogen) atoms. The first-order valence-electron chi connectivity index (χ1n) is 12.7. The van der Waals surface area contributed by atoms with Crippen LogP contribution >= 0.6 is 15.9 Å². The maximum atomic E-state index is 12.7. The van der Waals surface area contributed by atoms with E-state index in [4.69, 9.17) is 14.2 Å². The van der Waals surface area contributed by atoms with Gasteiger partial charge in [-0.05, 0) is 42.8 Å². The van der Waals surface area contributed by atoms with Crippen molar-refractivity contribution in [2.24, 2.45) is 5.10 Å². The van der Waals surface area contributed by atoms with Gasteiger partial charge in [0.25, 0.3) is 5.91 Å². The summed E-state index contributed by atoms with van der Waals surface area (Å²) in [7, 11) is 2.99. The molecule has 2 aromatic rings. The molecule has 0 radical (unpaired) electrons. The summed E-state index contributed by atoms with van der Waals surface area (Å²) < 4.78 is 16.7. The lowest BCUT2D eigenvalue weighted by Crippen LogP contribution is -2.34. The van der Waals surface area contributed by atoms with Crippen LogP contribution in [0.25, 0.3) is 0 Å². The zero-order valence-electron chi connectivity index (χ0n) is 22.2. The molecule has 9 nitrogen and oxygen atoms in total. The molecule has 0 heterocycles. The molecule has 2 rings (SSSR count). The van der Waals surface area contributed by atoms with Crippen LogP contribution in [-0.2, 0) is 9.59 Å². The summed E-state index contributed by atoms with van der Waals surface area (Å²) in [5.74, 6) is -0.0892. The first-order valence-corrected chi connectivity index (χ1v) is 13.5. The van der Waals surface area contributed by atoms with E-state index in [-0.39, 0.29) is 23.8 Å². The summed E-state index contributed by atoms with van der Waals surface area (Å²) in [5, 5.41) is 6.54. The Morgan fingerprint density at radius 3 is 2.26 bits per heavy atom. The third-order valence-corrected chi connectivity index (χ3v) is 6.13. The Morgan fingerprint density at radius 1 is 0.868 bits per heavy atom. The van der Waals surface area contributed by atoms with Crippen LogP contribution in [0.5, 0.6) is 17.2 Å². The van der Waals surface area contributed by atoms with Gasteiger partial charge in [-0.1, -0.05) is 61.4 Å². The lowest BCUT2D eigenvalue weighted by atomic mass is 10.1. The number of carbonyl (C=O) groups is 3. The van der Waals surface area contributed by atoms with Gasteiger partial charge in [0, 0.05) is 16.5 Å². The minimum absolute atomic E-state index is 0.158. The van der Waals surface area contributed by atoms with Crippen LogP contribution in [0.2, 0.25) is 0 Å². The topological polar surface area (TPSA) is 115 Å². The quantitative estimate of drug-likeness (QED) is 0.0891.